The molecule has 0 radical (unpaired) electrons. The van der Waals surface area contributed by atoms with E-state index < -0.39 is 30.4 Å². The summed E-state index contributed by atoms with van der Waals surface area (Å²) in [7, 11) is 1.49. The molecule has 30 heavy (non-hydrogen) atoms. The Bertz CT molecular complexity index is 921. The summed E-state index contributed by atoms with van der Waals surface area (Å²) in [6.07, 6.45) is 0.0239. The van der Waals surface area contributed by atoms with Crippen LogP contribution in [0.2, 0.25) is 0 Å². The van der Waals surface area contributed by atoms with Crippen LogP contribution >= 0.6 is 0 Å². The number of hydrogen-bond donors (Lipinski definition) is 4. The van der Waals surface area contributed by atoms with Crippen LogP contribution in [0.25, 0.3) is 11.8 Å². The molecule has 0 aliphatic heterocycles. The second-order valence-electron chi connectivity index (χ2n) is 7.18. The van der Waals surface area contributed by atoms with Gasteiger partial charge in [-0.3, -0.25) is 9.59 Å². The number of carboxylic acids is 1. The number of aliphatic hydroxyl groups is 2. The maximum atomic E-state index is 13.4. The van der Waals surface area contributed by atoms with E-state index in [1.807, 2.05) is 13.8 Å². The van der Waals surface area contributed by atoms with Gasteiger partial charge in [-0.15, -0.1) is 0 Å². The van der Waals surface area contributed by atoms with E-state index in [4.69, 9.17) is 5.11 Å². The van der Waals surface area contributed by atoms with Gasteiger partial charge in [0.05, 0.1) is 30.0 Å². The standard InChI is InChI=1S/C21H26FN3O5/c1-12(2)19-17(9-8-15(26)10-16(27)11-18(28)29)25(24-20(19)21(30)23-3)14-6-4-13(22)5-7-14/h4-9,12,15-16,26-27H,10-11H2,1-3H3,(H,23,30)(H,28,29)/t15-,16+/m0/s1. The number of hydrogen-bond acceptors (Lipinski definition) is 5. The van der Waals surface area contributed by atoms with Crippen molar-refractivity contribution < 1.29 is 29.3 Å². The zero-order valence-corrected chi connectivity index (χ0v) is 17.0. The summed E-state index contributed by atoms with van der Waals surface area (Å²) in [6, 6.07) is 5.58. The average molecular weight is 419 g/mol. The molecule has 0 aliphatic carbocycles. The third kappa shape index (κ3) is 5.74. The van der Waals surface area contributed by atoms with Crippen LogP contribution in [0.4, 0.5) is 4.39 Å². The van der Waals surface area contributed by atoms with Gasteiger partial charge >= 0.3 is 5.97 Å². The molecule has 1 heterocycles. The quantitative estimate of drug-likeness (QED) is 0.493. The van der Waals surface area contributed by atoms with Crippen LogP contribution in [-0.2, 0) is 4.79 Å². The molecule has 4 N–H and O–H groups in total. The first-order valence-corrected chi connectivity index (χ1v) is 9.51. The number of aliphatic hydroxyl groups excluding tert-OH is 2. The Balaban J connectivity index is 2.49. The van der Waals surface area contributed by atoms with E-state index in [1.165, 1.54) is 42.1 Å². The summed E-state index contributed by atoms with van der Waals surface area (Å²) >= 11 is 0. The van der Waals surface area contributed by atoms with Gasteiger partial charge in [-0.25, -0.2) is 9.07 Å². The van der Waals surface area contributed by atoms with Gasteiger partial charge in [0.15, 0.2) is 5.69 Å². The SMILES string of the molecule is CNC(=O)c1nn(-c2ccc(F)cc2)c(C=C[C@H](O)C[C@@H](O)CC(=O)O)c1C(C)C. The van der Waals surface area contributed by atoms with Gasteiger partial charge in [-0.05, 0) is 36.3 Å². The van der Waals surface area contributed by atoms with Crippen LogP contribution < -0.4 is 5.32 Å². The highest BCUT2D eigenvalue weighted by Gasteiger charge is 2.24. The molecule has 0 aliphatic rings. The molecule has 0 unspecified atom stereocenters. The summed E-state index contributed by atoms with van der Waals surface area (Å²) in [5.74, 6) is -2.06. The molecular formula is C21H26FN3O5. The number of carbonyl (C=O) groups excluding carboxylic acids is 1. The molecule has 0 spiro atoms. The van der Waals surface area contributed by atoms with Crippen LogP contribution in [-0.4, -0.2) is 56.2 Å². The Morgan fingerprint density at radius 2 is 1.87 bits per heavy atom. The van der Waals surface area contributed by atoms with Crippen molar-refractivity contribution in [1.82, 2.24) is 15.1 Å². The van der Waals surface area contributed by atoms with Gasteiger partial charge in [0.25, 0.3) is 5.91 Å². The predicted octanol–water partition coefficient (Wildman–Crippen LogP) is 2.09. The second kappa shape index (κ2) is 10.1. The largest absolute Gasteiger partial charge is 0.481 e. The smallest absolute Gasteiger partial charge is 0.305 e. The molecule has 9 heteroatoms. The Labute approximate surface area is 173 Å². The molecule has 1 aromatic heterocycles. The fourth-order valence-electron chi connectivity index (χ4n) is 3.08. The Morgan fingerprint density at radius 3 is 2.40 bits per heavy atom. The minimum absolute atomic E-state index is 0.0964. The van der Waals surface area contributed by atoms with Crippen molar-refractivity contribution in [2.24, 2.45) is 0 Å². The maximum Gasteiger partial charge on any atom is 0.305 e. The van der Waals surface area contributed by atoms with Crippen LogP contribution in [0, 0.1) is 5.82 Å². The van der Waals surface area contributed by atoms with Crippen LogP contribution in [0.3, 0.4) is 0 Å². The number of nitrogens with one attached hydrogen (secondary N) is 1. The molecule has 0 saturated carbocycles. The molecule has 2 atom stereocenters. The second-order valence-corrected chi connectivity index (χ2v) is 7.18. The lowest BCUT2D eigenvalue weighted by Gasteiger charge is -2.12. The molecule has 2 aromatic rings. The molecule has 0 bridgehead atoms. The summed E-state index contributed by atoms with van der Waals surface area (Å²) in [6.45, 7) is 3.78. The van der Waals surface area contributed by atoms with Crippen LogP contribution in [0.15, 0.2) is 30.3 Å². The topological polar surface area (TPSA) is 125 Å². The minimum atomic E-state index is -1.20. The summed E-state index contributed by atoms with van der Waals surface area (Å²) in [5.41, 5.74) is 1.88. The first kappa shape index (κ1) is 23.2. The third-order valence-electron chi connectivity index (χ3n) is 4.45. The highest BCUT2D eigenvalue weighted by Crippen LogP contribution is 2.28. The van der Waals surface area contributed by atoms with Crippen molar-refractivity contribution in [3.05, 3.63) is 53.1 Å². The number of aliphatic carboxylic acids is 1. The zero-order chi connectivity index (χ0) is 22.4. The van der Waals surface area contributed by atoms with E-state index >= 15 is 0 Å². The van der Waals surface area contributed by atoms with Crippen molar-refractivity contribution in [2.45, 2.75) is 44.8 Å². The first-order valence-electron chi connectivity index (χ1n) is 9.51. The Hall–Kier alpha value is -3.04. The highest BCUT2D eigenvalue weighted by molar-refractivity contribution is 5.94. The lowest BCUT2D eigenvalue weighted by atomic mass is 9.98. The monoisotopic (exact) mass is 419 g/mol. The molecule has 1 amide bonds. The zero-order valence-electron chi connectivity index (χ0n) is 17.0. The lowest BCUT2D eigenvalue weighted by molar-refractivity contribution is -0.139. The predicted molar refractivity (Wildman–Crippen MR) is 109 cm³/mol. The van der Waals surface area contributed by atoms with Crippen LogP contribution in [0.1, 0.15) is 54.4 Å². The first-order chi connectivity index (χ1) is 14.1. The van der Waals surface area contributed by atoms with Gasteiger partial charge in [-0.2, -0.15) is 5.10 Å². The lowest BCUT2D eigenvalue weighted by Crippen LogP contribution is -2.20. The van der Waals surface area contributed by atoms with Crippen molar-refractivity contribution in [2.75, 3.05) is 7.05 Å². The molecule has 162 valence electrons. The number of benzene rings is 1. The highest BCUT2D eigenvalue weighted by atomic mass is 19.1. The summed E-state index contributed by atoms with van der Waals surface area (Å²) in [5, 5.41) is 35.6. The maximum absolute atomic E-state index is 13.4. The molecule has 2 rings (SSSR count). The fraction of sp³-hybridized carbons (Fsp3) is 0.381. The molecule has 0 fully saturated rings. The van der Waals surface area contributed by atoms with Gasteiger partial charge in [0.2, 0.25) is 0 Å². The van der Waals surface area contributed by atoms with Crippen molar-refractivity contribution in [3.63, 3.8) is 0 Å². The molecule has 8 nitrogen and oxygen atoms in total. The van der Waals surface area contributed by atoms with Crippen molar-refractivity contribution >= 4 is 18.0 Å². The van der Waals surface area contributed by atoms with E-state index in [-0.39, 0.29) is 23.9 Å². The Kier molecular flexibility index (Phi) is 7.85. The Morgan fingerprint density at radius 1 is 1.23 bits per heavy atom. The van der Waals surface area contributed by atoms with E-state index in [9.17, 15) is 24.2 Å². The number of amides is 1. The summed E-state index contributed by atoms with van der Waals surface area (Å²) < 4.78 is 14.8. The fourth-order valence-corrected chi connectivity index (χ4v) is 3.08. The van der Waals surface area contributed by atoms with Gasteiger partial charge in [-0.1, -0.05) is 19.9 Å². The average Bonchev–Trinajstić information content (AvgIpc) is 3.05. The number of nitrogens with zero attached hydrogens (tertiary/aromatic N) is 2. The van der Waals surface area contributed by atoms with E-state index in [0.29, 0.717) is 16.9 Å². The number of halogens is 1. The number of carboxylic acid groups (broad SMARTS) is 1. The van der Waals surface area contributed by atoms with Crippen molar-refractivity contribution in [1.29, 1.82) is 0 Å². The molecule has 0 saturated heterocycles. The van der Waals surface area contributed by atoms with E-state index in [1.54, 1.807) is 6.08 Å². The third-order valence-corrected chi connectivity index (χ3v) is 4.45. The van der Waals surface area contributed by atoms with E-state index in [0.717, 1.165) is 0 Å². The minimum Gasteiger partial charge on any atom is -0.481 e. The molecule has 1 aromatic carbocycles. The van der Waals surface area contributed by atoms with Crippen LogP contribution in [0.5, 0.6) is 0 Å². The van der Waals surface area contributed by atoms with Crippen molar-refractivity contribution in [3.8, 4) is 5.69 Å². The van der Waals surface area contributed by atoms with E-state index in [2.05, 4.69) is 10.4 Å². The van der Waals surface area contributed by atoms with Gasteiger partial charge < -0.3 is 20.6 Å². The summed E-state index contributed by atoms with van der Waals surface area (Å²) in [4.78, 5) is 23.0. The van der Waals surface area contributed by atoms with Gasteiger partial charge in [0, 0.05) is 19.0 Å². The number of carbonyl (C=O) groups is 2. The molecular weight excluding hydrogens is 393 g/mol. The number of rotatable bonds is 9. The normalized spacial score (nSPS) is 13.6. The van der Waals surface area contributed by atoms with Gasteiger partial charge in [0.1, 0.15) is 5.82 Å². The number of aromatic nitrogens is 2.